The van der Waals surface area contributed by atoms with Crippen molar-refractivity contribution < 1.29 is 14.3 Å². The zero-order valence-corrected chi connectivity index (χ0v) is 14.1. The fourth-order valence-electron chi connectivity index (χ4n) is 2.62. The van der Waals surface area contributed by atoms with Crippen LogP contribution in [0.3, 0.4) is 0 Å². The molecular weight excluding hydrogens is 326 g/mol. The Bertz CT molecular complexity index is 814. The number of hydrogen-bond acceptors (Lipinski definition) is 7. The Hall–Kier alpha value is -2.97. The zero-order chi connectivity index (χ0) is 17.8. The van der Waals surface area contributed by atoms with Gasteiger partial charge in [0.2, 0.25) is 5.88 Å². The second-order valence-corrected chi connectivity index (χ2v) is 5.67. The molecule has 1 aliphatic heterocycles. The van der Waals surface area contributed by atoms with Crippen LogP contribution >= 0.6 is 0 Å². The minimum Gasteiger partial charge on any atom is -0.474 e. The third-order valence-corrected chi connectivity index (χ3v) is 3.99. The Morgan fingerprint density at radius 3 is 2.68 bits per heavy atom. The van der Waals surface area contributed by atoms with Gasteiger partial charge in [0.15, 0.2) is 0 Å². The maximum atomic E-state index is 12.5. The summed E-state index contributed by atoms with van der Waals surface area (Å²) in [6.45, 7) is 1.10. The maximum Gasteiger partial charge on any atom is 0.319 e. The Labute approximate surface area is 144 Å². The number of amides is 1. The number of hydrogen-bond donors (Lipinski definition) is 0. The minimum absolute atomic E-state index is 0.0308. The van der Waals surface area contributed by atoms with E-state index in [-0.39, 0.29) is 29.3 Å². The van der Waals surface area contributed by atoms with Crippen LogP contribution in [-0.2, 0) is 7.05 Å². The fourth-order valence-corrected chi connectivity index (χ4v) is 2.62. The molecule has 0 unspecified atom stereocenters. The summed E-state index contributed by atoms with van der Waals surface area (Å²) in [7, 11) is 3.02. The second kappa shape index (κ2) is 7.29. The van der Waals surface area contributed by atoms with Gasteiger partial charge in [-0.15, -0.1) is 0 Å². The molecule has 2 aromatic heterocycles. The number of aryl methyl sites for hydroxylation is 1. The molecule has 2 aromatic rings. The van der Waals surface area contributed by atoms with Gasteiger partial charge in [0.1, 0.15) is 11.8 Å². The molecule has 1 saturated heterocycles. The van der Waals surface area contributed by atoms with Crippen molar-refractivity contribution in [1.82, 2.24) is 24.6 Å². The Kier molecular flexibility index (Phi) is 4.92. The Morgan fingerprint density at radius 2 is 2.00 bits per heavy atom. The third-order valence-electron chi connectivity index (χ3n) is 3.99. The van der Waals surface area contributed by atoms with E-state index in [2.05, 4.69) is 15.1 Å². The molecule has 3 heterocycles. The van der Waals surface area contributed by atoms with Crippen molar-refractivity contribution in [3.05, 3.63) is 40.4 Å². The first-order valence-corrected chi connectivity index (χ1v) is 7.94. The molecule has 3 rings (SSSR count). The number of piperidine rings is 1. The number of methoxy groups -OCH3 is 1. The summed E-state index contributed by atoms with van der Waals surface area (Å²) in [4.78, 5) is 33.6. The van der Waals surface area contributed by atoms with Gasteiger partial charge in [-0.25, -0.2) is 9.67 Å². The van der Waals surface area contributed by atoms with Crippen LogP contribution in [0, 0.1) is 0 Å². The summed E-state index contributed by atoms with van der Waals surface area (Å²) in [6, 6.07) is 4.74. The predicted molar refractivity (Wildman–Crippen MR) is 87.6 cm³/mol. The van der Waals surface area contributed by atoms with Gasteiger partial charge < -0.3 is 14.4 Å². The quantitative estimate of drug-likeness (QED) is 0.784. The largest absolute Gasteiger partial charge is 0.474 e. The summed E-state index contributed by atoms with van der Waals surface area (Å²) in [5.41, 5.74) is 0.0194. The van der Waals surface area contributed by atoms with Crippen LogP contribution in [0.1, 0.15) is 23.3 Å². The van der Waals surface area contributed by atoms with E-state index in [1.807, 2.05) is 0 Å². The highest BCUT2D eigenvalue weighted by Gasteiger charge is 2.26. The van der Waals surface area contributed by atoms with E-state index >= 15 is 0 Å². The molecule has 0 saturated carbocycles. The van der Waals surface area contributed by atoms with Gasteiger partial charge in [0.25, 0.3) is 11.5 Å². The van der Waals surface area contributed by atoms with E-state index in [1.165, 1.54) is 26.3 Å². The first-order valence-electron chi connectivity index (χ1n) is 7.94. The molecule has 25 heavy (non-hydrogen) atoms. The predicted octanol–water partition coefficient (Wildman–Crippen LogP) is 0.262. The highest BCUT2D eigenvalue weighted by Crippen LogP contribution is 2.19. The zero-order valence-electron chi connectivity index (χ0n) is 14.1. The summed E-state index contributed by atoms with van der Waals surface area (Å²) >= 11 is 0. The highest BCUT2D eigenvalue weighted by atomic mass is 16.5. The van der Waals surface area contributed by atoms with Crippen molar-refractivity contribution in [2.75, 3.05) is 20.2 Å². The van der Waals surface area contributed by atoms with Crippen LogP contribution < -0.4 is 15.0 Å². The van der Waals surface area contributed by atoms with E-state index in [0.29, 0.717) is 31.8 Å². The third kappa shape index (κ3) is 3.93. The molecule has 0 spiro atoms. The molecule has 0 aromatic carbocycles. The number of aromatic nitrogens is 4. The van der Waals surface area contributed by atoms with Gasteiger partial charge in [-0.1, -0.05) is 0 Å². The van der Waals surface area contributed by atoms with E-state index in [0.717, 1.165) is 4.68 Å². The van der Waals surface area contributed by atoms with Crippen molar-refractivity contribution in [2.24, 2.45) is 7.05 Å². The fraction of sp³-hybridized carbons (Fsp3) is 0.438. The normalized spacial score (nSPS) is 15.0. The molecule has 9 heteroatoms. The highest BCUT2D eigenvalue weighted by molar-refractivity contribution is 5.92. The van der Waals surface area contributed by atoms with E-state index in [1.54, 1.807) is 17.2 Å². The van der Waals surface area contributed by atoms with Crippen LogP contribution in [-0.4, -0.2) is 56.9 Å². The molecule has 0 bridgehead atoms. The van der Waals surface area contributed by atoms with Crippen LogP contribution in [0.5, 0.6) is 11.9 Å². The molecule has 1 aliphatic rings. The molecule has 132 valence electrons. The number of rotatable bonds is 4. The van der Waals surface area contributed by atoms with Crippen LogP contribution in [0.15, 0.2) is 29.2 Å². The van der Waals surface area contributed by atoms with Gasteiger partial charge in [-0.05, 0) is 6.07 Å². The Balaban J connectivity index is 1.58. The van der Waals surface area contributed by atoms with E-state index < -0.39 is 0 Å². The Morgan fingerprint density at radius 1 is 1.24 bits per heavy atom. The average Bonchev–Trinajstić information content (AvgIpc) is 2.64. The lowest BCUT2D eigenvalue weighted by molar-refractivity contribution is 0.0579. The molecule has 0 radical (unpaired) electrons. The maximum absolute atomic E-state index is 12.5. The lowest BCUT2D eigenvalue weighted by Gasteiger charge is -2.31. The molecular formula is C16H19N5O4. The molecule has 0 atom stereocenters. The molecule has 1 fully saturated rings. The monoisotopic (exact) mass is 345 g/mol. The van der Waals surface area contributed by atoms with Gasteiger partial charge in [0, 0.05) is 51.3 Å². The molecule has 0 aliphatic carbocycles. The number of carbonyl (C=O) groups is 1. The van der Waals surface area contributed by atoms with Crippen molar-refractivity contribution in [1.29, 1.82) is 0 Å². The summed E-state index contributed by atoms with van der Waals surface area (Å²) < 4.78 is 12.0. The molecule has 9 nitrogen and oxygen atoms in total. The first-order chi connectivity index (χ1) is 12.1. The van der Waals surface area contributed by atoms with Gasteiger partial charge in [-0.2, -0.15) is 10.1 Å². The second-order valence-electron chi connectivity index (χ2n) is 5.67. The van der Waals surface area contributed by atoms with Crippen molar-refractivity contribution in [2.45, 2.75) is 18.9 Å². The number of nitrogens with zero attached hydrogens (tertiary/aromatic N) is 5. The summed E-state index contributed by atoms with van der Waals surface area (Å²) in [5, 5.41) is 4.00. The van der Waals surface area contributed by atoms with Crippen LogP contribution in [0.4, 0.5) is 0 Å². The minimum atomic E-state index is -0.246. The van der Waals surface area contributed by atoms with Crippen LogP contribution in [0.2, 0.25) is 0 Å². The van der Waals surface area contributed by atoms with Gasteiger partial charge in [-0.3, -0.25) is 9.59 Å². The summed E-state index contributed by atoms with van der Waals surface area (Å²) in [5.74, 6) is 0.272. The average molecular weight is 345 g/mol. The number of carbonyl (C=O) groups excluding carboxylic acids is 1. The van der Waals surface area contributed by atoms with E-state index in [9.17, 15) is 9.59 Å². The first kappa shape index (κ1) is 16.9. The lowest BCUT2D eigenvalue weighted by atomic mass is 10.1. The van der Waals surface area contributed by atoms with Crippen LogP contribution in [0.25, 0.3) is 0 Å². The smallest absolute Gasteiger partial charge is 0.319 e. The van der Waals surface area contributed by atoms with Crippen molar-refractivity contribution >= 4 is 5.91 Å². The number of ether oxygens (including phenoxy) is 2. The molecule has 0 N–H and O–H groups in total. The number of likely N-dealkylation sites (tertiary alicyclic amines) is 1. The SMILES string of the molecule is COc1nccc(OC2CCN(C(=O)c3ccc(=O)n(C)n3)CC2)n1. The summed E-state index contributed by atoms with van der Waals surface area (Å²) in [6.07, 6.45) is 2.91. The standard InChI is InChI=1S/C16H19N5O4/c1-20-14(22)4-3-12(19-20)15(23)21-9-6-11(7-10-21)25-13-5-8-17-16(18-13)24-2/h3-5,8,11H,6-7,9-10H2,1-2H3. The lowest BCUT2D eigenvalue weighted by Crippen LogP contribution is -2.42. The van der Waals surface area contributed by atoms with Gasteiger partial charge >= 0.3 is 6.01 Å². The van der Waals surface area contributed by atoms with Crippen molar-refractivity contribution in [3.8, 4) is 11.9 Å². The topological polar surface area (TPSA) is 99.4 Å². The van der Waals surface area contributed by atoms with Gasteiger partial charge in [0.05, 0.1) is 7.11 Å². The molecule has 1 amide bonds. The van der Waals surface area contributed by atoms with Crippen molar-refractivity contribution in [3.63, 3.8) is 0 Å². The van der Waals surface area contributed by atoms with E-state index in [4.69, 9.17) is 9.47 Å².